The van der Waals surface area contributed by atoms with Crippen LogP contribution >= 0.6 is 0 Å². The van der Waals surface area contributed by atoms with Crippen molar-refractivity contribution < 1.29 is 0 Å². The van der Waals surface area contributed by atoms with Crippen LogP contribution in [0.3, 0.4) is 0 Å². The number of hydrogen-bond donors (Lipinski definition) is 1. The Bertz CT molecular complexity index is 343. The third-order valence-corrected chi connectivity index (χ3v) is 4.17. The molecule has 94 valence electrons. The molecule has 0 heterocycles. The maximum absolute atomic E-state index is 6.07. The summed E-state index contributed by atoms with van der Waals surface area (Å²) < 4.78 is 0. The zero-order valence-electron chi connectivity index (χ0n) is 11.2. The van der Waals surface area contributed by atoms with Crippen molar-refractivity contribution in [3.63, 3.8) is 0 Å². The van der Waals surface area contributed by atoms with Gasteiger partial charge in [-0.25, -0.2) is 0 Å². The van der Waals surface area contributed by atoms with E-state index in [0.29, 0.717) is 5.41 Å². The van der Waals surface area contributed by atoms with E-state index in [4.69, 9.17) is 5.73 Å². The molecule has 1 aliphatic rings. The highest BCUT2D eigenvalue weighted by Crippen LogP contribution is 2.40. The Morgan fingerprint density at radius 2 is 1.76 bits per heavy atom. The van der Waals surface area contributed by atoms with Crippen molar-refractivity contribution in [2.24, 2.45) is 17.1 Å². The van der Waals surface area contributed by atoms with Gasteiger partial charge in [-0.1, -0.05) is 51.0 Å². The third-order valence-electron chi connectivity index (χ3n) is 4.17. The van der Waals surface area contributed by atoms with Crippen LogP contribution in [-0.2, 0) is 12.8 Å². The molecule has 0 atom stereocenters. The molecule has 17 heavy (non-hydrogen) atoms. The summed E-state index contributed by atoms with van der Waals surface area (Å²) in [6, 6.07) is 8.85. The standard InChI is InChI=1S/C16H25N/c1-13(2)6-5-9-16(12-17)10-14-7-3-4-8-15(14)11-16/h3-4,7-8,13H,5-6,9-12,17H2,1-2H3. The predicted octanol–water partition coefficient (Wildman–Crippen LogP) is 3.56. The second kappa shape index (κ2) is 5.22. The van der Waals surface area contributed by atoms with E-state index >= 15 is 0 Å². The molecule has 0 spiro atoms. The van der Waals surface area contributed by atoms with E-state index in [2.05, 4.69) is 38.1 Å². The number of fused-ring (bicyclic) bond motifs is 1. The first-order chi connectivity index (χ1) is 8.15. The summed E-state index contributed by atoms with van der Waals surface area (Å²) in [5.41, 5.74) is 9.48. The minimum Gasteiger partial charge on any atom is -0.330 e. The van der Waals surface area contributed by atoms with Crippen LogP contribution in [0, 0.1) is 11.3 Å². The molecule has 0 amide bonds. The van der Waals surface area contributed by atoms with E-state index in [-0.39, 0.29) is 0 Å². The van der Waals surface area contributed by atoms with Crippen molar-refractivity contribution in [1.29, 1.82) is 0 Å². The summed E-state index contributed by atoms with van der Waals surface area (Å²) in [6.45, 7) is 5.44. The third kappa shape index (κ3) is 2.90. The van der Waals surface area contributed by atoms with Gasteiger partial charge in [0.25, 0.3) is 0 Å². The average molecular weight is 231 g/mol. The predicted molar refractivity (Wildman–Crippen MR) is 74.0 cm³/mol. The van der Waals surface area contributed by atoms with Crippen molar-refractivity contribution in [1.82, 2.24) is 0 Å². The highest BCUT2D eigenvalue weighted by Gasteiger charge is 2.35. The van der Waals surface area contributed by atoms with Crippen molar-refractivity contribution in [2.75, 3.05) is 6.54 Å². The highest BCUT2D eigenvalue weighted by atomic mass is 14.6. The topological polar surface area (TPSA) is 26.0 Å². The molecule has 2 N–H and O–H groups in total. The number of rotatable bonds is 5. The fourth-order valence-corrected chi connectivity index (χ4v) is 3.08. The highest BCUT2D eigenvalue weighted by molar-refractivity contribution is 5.34. The second-order valence-corrected chi connectivity index (χ2v) is 6.11. The lowest BCUT2D eigenvalue weighted by Crippen LogP contribution is -2.31. The van der Waals surface area contributed by atoms with Crippen LogP contribution in [0.5, 0.6) is 0 Å². The van der Waals surface area contributed by atoms with Crippen LogP contribution in [0.25, 0.3) is 0 Å². The zero-order valence-corrected chi connectivity index (χ0v) is 11.2. The Hall–Kier alpha value is -0.820. The van der Waals surface area contributed by atoms with Crippen molar-refractivity contribution >= 4 is 0 Å². The molecule has 0 aliphatic heterocycles. The molecule has 1 aromatic carbocycles. The van der Waals surface area contributed by atoms with Gasteiger partial charge in [-0.2, -0.15) is 0 Å². The number of nitrogens with two attached hydrogens (primary N) is 1. The Kier molecular flexibility index (Phi) is 3.88. The summed E-state index contributed by atoms with van der Waals surface area (Å²) in [5, 5.41) is 0. The molecule has 1 nitrogen and oxygen atoms in total. The van der Waals surface area contributed by atoms with E-state index in [1.165, 1.54) is 43.2 Å². The Morgan fingerprint density at radius 3 is 2.24 bits per heavy atom. The summed E-state index contributed by atoms with van der Waals surface area (Å²) in [7, 11) is 0. The maximum atomic E-state index is 6.07. The molecule has 0 radical (unpaired) electrons. The van der Waals surface area contributed by atoms with Crippen molar-refractivity contribution in [2.45, 2.75) is 46.0 Å². The number of hydrogen-bond acceptors (Lipinski definition) is 1. The first kappa shape index (κ1) is 12.6. The summed E-state index contributed by atoms with van der Waals surface area (Å²) in [6.07, 6.45) is 6.33. The fourth-order valence-electron chi connectivity index (χ4n) is 3.08. The molecular formula is C16H25N. The summed E-state index contributed by atoms with van der Waals surface area (Å²) in [5.74, 6) is 0.814. The van der Waals surface area contributed by atoms with E-state index in [1.54, 1.807) is 0 Å². The molecule has 1 aliphatic carbocycles. The van der Waals surface area contributed by atoms with Gasteiger partial charge in [0.15, 0.2) is 0 Å². The van der Waals surface area contributed by atoms with E-state index in [1.807, 2.05) is 0 Å². The van der Waals surface area contributed by atoms with Gasteiger partial charge in [0.1, 0.15) is 0 Å². The summed E-state index contributed by atoms with van der Waals surface area (Å²) in [4.78, 5) is 0. The van der Waals surface area contributed by atoms with Gasteiger partial charge in [0, 0.05) is 0 Å². The average Bonchev–Trinajstić information content (AvgIpc) is 2.67. The second-order valence-electron chi connectivity index (χ2n) is 6.11. The van der Waals surface area contributed by atoms with Gasteiger partial charge < -0.3 is 5.73 Å². The molecule has 0 fully saturated rings. The quantitative estimate of drug-likeness (QED) is 0.824. The molecule has 1 heteroatoms. The van der Waals surface area contributed by atoms with Gasteiger partial charge in [-0.05, 0) is 48.3 Å². The zero-order chi connectivity index (χ0) is 12.3. The maximum Gasteiger partial charge on any atom is -0.00141 e. The molecule has 0 saturated carbocycles. The summed E-state index contributed by atoms with van der Waals surface area (Å²) >= 11 is 0. The lowest BCUT2D eigenvalue weighted by molar-refractivity contribution is 0.273. The van der Waals surface area contributed by atoms with Crippen LogP contribution in [0.1, 0.15) is 44.2 Å². The van der Waals surface area contributed by atoms with E-state index < -0.39 is 0 Å². The largest absolute Gasteiger partial charge is 0.330 e. The molecule has 2 rings (SSSR count). The molecule has 1 aromatic rings. The smallest absolute Gasteiger partial charge is 0.00141 e. The lowest BCUT2D eigenvalue weighted by atomic mass is 9.79. The van der Waals surface area contributed by atoms with Gasteiger partial charge >= 0.3 is 0 Å². The number of benzene rings is 1. The molecular weight excluding hydrogens is 206 g/mol. The van der Waals surface area contributed by atoms with Crippen LogP contribution in [0.2, 0.25) is 0 Å². The molecule has 0 aromatic heterocycles. The minimum atomic E-state index is 0.360. The van der Waals surface area contributed by atoms with Crippen LogP contribution in [-0.4, -0.2) is 6.54 Å². The fraction of sp³-hybridized carbons (Fsp3) is 0.625. The van der Waals surface area contributed by atoms with E-state index in [0.717, 1.165) is 12.5 Å². The Labute approximate surface area is 105 Å². The Morgan fingerprint density at radius 1 is 1.18 bits per heavy atom. The van der Waals surface area contributed by atoms with Crippen molar-refractivity contribution in [3.05, 3.63) is 35.4 Å². The molecule has 0 bridgehead atoms. The van der Waals surface area contributed by atoms with Crippen molar-refractivity contribution in [3.8, 4) is 0 Å². The van der Waals surface area contributed by atoms with Gasteiger partial charge in [0.05, 0.1) is 0 Å². The first-order valence-electron chi connectivity index (χ1n) is 6.92. The SMILES string of the molecule is CC(C)CCCC1(CN)Cc2ccccc2C1. The van der Waals surface area contributed by atoms with Crippen LogP contribution < -0.4 is 5.73 Å². The van der Waals surface area contributed by atoms with Crippen LogP contribution in [0.4, 0.5) is 0 Å². The monoisotopic (exact) mass is 231 g/mol. The first-order valence-corrected chi connectivity index (χ1v) is 6.92. The van der Waals surface area contributed by atoms with Gasteiger partial charge in [-0.15, -0.1) is 0 Å². The molecule has 0 unspecified atom stereocenters. The molecule has 0 saturated heterocycles. The Balaban J connectivity index is 1.99. The van der Waals surface area contributed by atoms with Crippen LogP contribution in [0.15, 0.2) is 24.3 Å². The lowest BCUT2D eigenvalue weighted by Gasteiger charge is -2.27. The normalized spacial score (nSPS) is 17.4. The van der Waals surface area contributed by atoms with Gasteiger partial charge in [-0.3, -0.25) is 0 Å². The van der Waals surface area contributed by atoms with E-state index in [9.17, 15) is 0 Å². The minimum absolute atomic E-state index is 0.360. The van der Waals surface area contributed by atoms with Gasteiger partial charge in [0.2, 0.25) is 0 Å².